The van der Waals surface area contributed by atoms with Gasteiger partial charge in [0.1, 0.15) is 11.4 Å². The van der Waals surface area contributed by atoms with Crippen LogP contribution >= 0.6 is 11.3 Å². The summed E-state index contributed by atoms with van der Waals surface area (Å²) in [6, 6.07) is 3.63. The number of fused-ring (bicyclic) bond motifs is 1. The summed E-state index contributed by atoms with van der Waals surface area (Å²) in [6.45, 7) is 0.817. The van der Waals surface area contributed by atoms with Crippen LogP contribution in [-0.2, 0) is 20.9 Å². The predicted molar refractivity (Wildman–Crippen MR) is 88.6 cm³/mol. The molecule has 0 radical (unpaired) electrons. The van der Waals surface area contributed by atoms with Gasteiger partial charge in [0, 0.05) is 11.6 Å². The molecule has 7 nitrogen and oxygen atoms in total. The molecule has 8 heteroatoms. The number of furan rings is 1. The van der Waals surface area contributed by atoms with Gasteiger partial charge in [-0.2, -0.15) is 0 Å². The molecule has 5 heterocycles. The SMILES string of the molecule is O=C(Nc1nccs1)[C@H]1[C@H]2C=C[C@@]3(CN(Cc4ccco4)C(=O)[C@@H]13)O2. The maximum Gasteiger partial charge on any atom is 0.233 e. The predicted octanol–water partition coefficient (Wildman–Crippen LogP) is 1.66. The van der Waals surface area contributed by atoms with Crippen LogP contribution in [0.3, 0.4) is 0 Å². The molecule has 25 heavy (non-hydrogen) atoms. The maximum atomic E-state index is 13.0. The molecule has 2 saturated heterocycles. The fraction of sp³-hybridized carbons (Fsp3) is 0.353. The van der Waals surface area contributed by atoms with E-state index in [2.05, 4.69) is 10.3 Å². The van der Waals surface area contributed by atoms with Gasteiger partial charge in [-0.25, -0.2) is 4.98 Å². The number of likely N-dealkylation sites (tertiary alicyclic amines) is 1. The Morgan fingerprint density at radius 1 is 1.52 bits per heavy atom. The summed E-state index contributed by atoms with van der Waals surface area (Å²) in [6.07, 6.45) is 6.69. The third-order valence-corrected chi connectivity index (χ3v) is 5.76. The first-order valence-electron chi connectivity index (χ1n) is 8.05. The van der Waals surface area contributed by atoms with E-state index in [0.29, 0.717) is 24.0 Å². The van der Waals surface area contributed by atoms with E-state index in [1.54, 1.807) is 28.8 Å². The minimum atomic E-state index is -0.709. The van der Waals surface area contributed by atoms with Crippen molar-refractivity contribution in [1.29, 1.82) is 0 Å². The zero-order valence-electron chi connectivity index (χ0n) is 13.1. The van der Waals surface area contributed by atoms with Crippen molar-refractivity contribution in [3.63, 3.8) is 0 Å². The van der Waals surface area contributed by atoms with E-state index >= 15 is 0 Å². The second-order valence-electron chi connectivity index (χ2n) is 6.50. The van der Waals surface area contributed by atoms with Gasteiger partial charge < -0.3 is 19.4 Å². The average molecular weight is 357 g/mol. The molecule has 2 aromatic rings. The van der Waals surface area contributed by atoms with Crippen LogP contribution < -0.4 is 5.32 Å². The zero-order chi connectivity index (χ0) is 17.0. The number of amides is 2. The second kappa shape index (κ2) is 5.27. The lowest BCUT2D eigenvalue weighted by molar-refractivity contribution is -0.136. The van der Waals surface area contributed by atoms with Crippen molar-refractivity contribution in [3.05, 3.63) is 47.9 Å². The first-order valence-corrected chi connectivity index (χ1v) is 8.93. The van der Waals surface area contributed by atoms with Crippen LogP contribution in [0.15, 0.2) is 46.5 Å². The number of carbonyl (C=O) groups excluding carboxylic acids is 2. The number of thiazole rings is 1. The molecule has 1 N–H and O–H groups in total. The molecule has 3 aliphatic heterocycles. The van der Waals surface area contributed by atoms with Gasteiger partial charge in [-0.05, 0) is 12.1 Å². The van der Waals surface area contributed by atoms with E-state index in [1.165, 1.54) is 11.3 Å². The number of anilines is 1. The molecule has 0 unspecified atom stereocenters. The number of ether oxygens (including phenoxy) is 1. The van der Waals surface area contributed by atoms with Crippen molar-refractivity contribution < 1.29 is 18.7 Å². The largest absolute Gasteiger partial charge is 0.467 e. The molecule has 0 saturated carbocycles. The second-order valence-corrected chi connectivity index (χ2v) is 7.39. The number of hydrogen-bond acceptors (Lipinski definition) is 6. The molecule has 2 aromatic heterocycles. The molecule has 1 spiro atoms. The zero-order valence-corrected chi connectivity index (χ0v) is 13.9. The third-order valence-electron chi connectivity index (χ3n) is 5.07. The average Bonchev–Trinajstić information content (AvgIpc) is 3.37. The molecule has 2 bridgehead atoms. The number of hydrogen-bond donors (Lipinski definition) is 1. The Morgan fingerprint density at radius 2 is 2.44 bits per heavy atom. The van der Waals surface area contributed by atoms with Crippen molar-refractivity contribution in [1.82, 2.24) is 9.88 Å². The Morgan fingerprint density at radius 3 is 3.20 bits per heavy atom. The fourth-order valence-corrected chi connectivity index (χ4v) is 4.61. The summed E-state index contributed by atoms with van der Waals surface area (Å²) in [5, 5.41) is 5.13. The van der Waals surface area contributed by atoms with E-state index < -0.39 is 17.4 Å². The van der Waals surface area contributed by atoms with E-state index in [-0.39, 0.29) is 17.9 Å². The fourth-order valence-electron chi connectivity index (χ4n) is 4.08. The molecule has 0 aromatic carbocycles. The first-order chi connectivity index (χ1) is 12.2. The lowest BCUT2D eigenvalue weighted by atomic mass is 9.77. The monoisotopic (exact) mass is 357 g/mol. The van der Waals surface area contributed by atoms with Crippen molar-refractivity contribution in [2.75, 3.05) is 11.9 Å². The summed E-state index contributed by atoms with van der Waals surface area (Å²) < 4.78 is 11.4. The molecule has 5 rings (SSSR count). The van der Waals surface area contributed by atoms with E-state index in [9.17, 15) is 9.59 Å². The molecule has 2 fully saturated rings. The smallest absolute Gasteiger partial charge is 0.233 e. The van der Waals surface area contributed by atoms with Crippen molar-refractivity contribution in [3.8, 4) is 0 Å². The summed E-state index contributed by atoms with van der Waals surface area (Å²) in [5.74, 6) is -0.612. The quantitative estimate of drug-likeness (QED) is 0.841. The highest BCUT2D eigenvalue weighted by Gasteiger charge is 2.66. The topological polar surface area (TPSA) is 84.7 Å². The third kappa shape index (κ3) is 2.17. The van der Waals surface area contributed by atoms with Crippen molar-refractivity contribution >= 4 is 28.3 Å². The lowest BCUT2D eigenvalue weighted by Gasteiger charge is -2.23. The Labute approximate surface area is 147 Å². The van der Waals surface area contributed by atoms with E-state index in [0.717, 1.165) is 0 Å². The van der Waals surface area contributed by atoms with Crippen LogP contribution in [0.25, 0.3) is 0 Å². The van der Waals surface area contributed by atoms with Gasteiger partial charge in [0.15, 0.2) is 5.13 Å². The van der Waals surface area contributed by atoms with Crippen LogP contribution in [0.2, 0.25) is 0 Å². The normalized spacial score (nSPS) is 32.4. The van der Waals surface area contributed by atoms with Crippen LogP contribution in [0.1, 0.15) is 5.76 Å². The molecular weight excluding hydrogens is 342 g/mol. The van der Waals surface area contributed by atoms with Gasteiger partial charge in [0.25, 0.3) is 0 Å². The highest BCUT2D eigenvalue weighted by molar-refractivity contribution is 7.13. The summed E-state index contributed by atoms with van der Waals surface area (Å²) in [4.78, 5) is 31.5. The number of rotatable bonds is 4. The van der Waals surface area contributed by atoms with Crippen LogP contribution in [-0.4, -0.2) is 39.9 Å². The van der Waals surface area contributed by atoms with Gasteiger partial charge >= 0.3 is 0 Å². The summed E-state index contributed by atoms with van der Waals surface area (Å²) in [7, 11) is 0. The number of nitrogens with zero attached hydrogens (tertiary/aromatic N) is 2. The standard InChI is InChI=1S/C17H15N3O4S/c21-14(19-16-18-5-7-25-16)12-11-3-4-17(24-11)9-20(15(22)13(12)17)8-10-2-1-6-23-10/h1-7,11-13H,8-9H2,(H,18,19,21)/t11-,12+,13-,17+/m1/s1. The maximum absolute atomic E-state index is 13.0. The number of carbonyl (C=O) groups is 2. The van der Waals surface area contributed by atoms with Crippen LogP contribution in [0.5, 0.6) is 0 Å². The minimum Gasteiger partial charge on any atom is -0.467 e. The van der Waals surface area contributed by atoms with Gasteiger partial charge in [-0.15, -0.1) is 11.3 Å². The number of nitrogens with one attached hydrogen (secondary N) is 1. The highest BCUT2D eigenvalue weighted by atomic mass is 32.1. The molecule has 128 valence electrons. The van der Waals surface area contributed by atoms with E-state index in [1.807, 2.05) is 18.2 Å². The summed E-state index contributed by atoms with van der Waals surface area (Å²) >= 11 is 1.35. The number of aromatic nitrogens is 1. The molecule has 0 aliphatic carbocycles. The van der Waals surface area contributed by atoms with Crippen molar-refractivity contribution in [2.45, 2.75) is 18.2 Å². The van der Waals surface area contributed by atoms with Gasteiger partial charge in [0.05, 0.1) is 37.3 Å². The van der Waals surface area contributed by atoms with Crippen LogP contribution in [0.4, 0.5) is 5.13 Å². The van der Waals surface area contributed by atoms with Gasteiger partial charge in [-0.3, -0.25) is 9.59 Å². The molecule has 3 aliphatic rings. The molecular formula is C17H15N3O4S. The Kier molecular flexibility index (Phi) is 3.13. The summed E-state index contributed by atoms with van der Waals surface area (Å²) in [5.41, 5.74) is -0.709. The lowest BCUT2D eigenvalue weighted by Crippen LogP contribution is -2.41. The molecule has 2 amide bonds. The van der Waals surface area contributed by atoms with Crippen molar-refractivity contribution in [2.24, 2.45) is 11.8 Å². The Bertz CT molecular complexity index is 847. The van der Waals surface area contributed by atoms with E-state index in [4.69, 9.17) is 9.15 Å². The Balaban J connectivity index is 1.41. The molecule has 4 atom stereocenters. The van der Waals surface area contributed by atoms with Gasteiger partial charge in [0.2, 0.25) is 11.8 Å². The van der Waals surface area contributed by atoms with Gasteiger partial charge in [-0.1, -0.05) is 12.2 Å². The minimum absolute atomic E-state index is 0.0671. The Hall–Kier alpha value is -2.45. The van der Waals surface area contributed by atoms with Crippen LogP contribution in [0, 0.1) is 11.8 Å². The highest BCUT2D eigenvalue weighted by Crippen LogP contribution is 2.52. The first kappa shape index (κ1) is 14.9.